The Morgan fingerprint density at radius 1 is 0.880 bits per heavy atom. The predicted octanol–water partition coefficient (Wildman–Crippen LogP) is 7.03. The fourth-order valence-electron chi connectivity index (χ4n) is 4.02. The minimum absolute atomic E-state index is 0.150. The maximum absolute atomic E-state index is 13.9. The van der Waals surface area contributed by atoms with E-state index in [1.807, 2.05) is 30.3 Å². The van der Waals surface area contributed by atoms with Crippen LogP contribution < -0.4 is 0 Å². The molecule has 0 saturated heterocycles. The molecule has 0 unspecified atom stereocenters. The zero-order valence-corrected chi connectivity index (χ0v) is 15.5. The summed E-state index contributed by atoms with van der Waals surface area (Å²) in [4.78, 5) is 2.86. The van der Waals surface area contributed by atoms with E-state index in [1.165, 1.54) is 0 Å². The zero-order valence-electron chi connectivity index (χ0n) is 14.7. The van der Waals surface area contributed by atoms with Gasteiger partial charge >= 0.3 is 0 Å². The molecule has 0 bridgehead atoms. The first kappa shape index (κ1) is 16.2. The highest BCUT2D eigenvalue weighted by molar-refractivity contribution is 7.94. The quantitative estimate of drug-likeness (QED) is 0.434. The van der Waals surface area contributed by atoms with E-state index in [0.29, 0.717) is 17.0 Å². The molecule has 0 atom stereocenters. The van der Waals surface area contributed by atoms with Crippen molar-refractivity contribution in [2.24, 2.45) is 0 Å². The van der Waals surface area contributed by atoms with Gasteiger partial charge in [-0.25, -0.2) is 0 Å². The Balaban J connectivity index is 2.25. The van der Waals surface area contributed by atoms with Gasteiger partial charge < -0.3 is 4.90 Å². The predicted molar refractivity (Wildman–Crippen MR) is 108 cm³/mol. The lowest BCUT2D eigenvalue weighted by atomic mass is 9.85. The second kappa shape index (κ2) is 5.37. The molecule has 0 saturated carbocycles. The zero-order chi connectivity index (χ0) is 17.9. The number of nitrogens with zero attached hydrogens (tertiary/aromatic N) is 1. The maximum Gasteiger partial charge on any atom is 0.0825 e. The summed E-state index contributed by atoms with van der Waals surface area (Å²) < 4.78 is 13.9. The van der Waals surface area contributed by atoms with Crippen molar-refractivity contribution in [3.05, 3.63) is 66.7 Å². The van der Waals surface area contributed by atoms with Gasteiger partial charge in [0.05, 0.1) is 17.0 Å². The van der Waals surface area contributed by atoms with Crippen LogP contribution in [0.1, 0.15) is 31.9 Å². The summed E-state index contributed by atoms with van der Waals surface area (Å²) >= 11 is 0.316. The average Bonchev–Trinajstić information content (AvgIpc) is 2.56. The van der Waals surface area contributed by atoms with Crippen molar-refractivity contribution in [2.45, 2.75) is 31.2 Å². The molecule has 0 amide bonds. The number of hydrogen-bond donors (Lipinski definition) is 0. The average molecular weight is 349 g/mol. The molecule has 0 N–H and O–H groups in total. The molecule has 0 fully saturated rings. The van der Waals surface area contributed by atoms with E-state index in [-0.39, 0.29) is 5.54 Å². The summed E-state index contributed by atoms with van der Waals surface area (Å²) in [5.41, 5.74) is 3.83. The van der Waals surface area contributed by atoms with E-state index >= 15 is 0 Å². The van der Waals surface area contributed by atoms with Gasteiger partial charge in [-0.05, 0) is 36.9 Å². The van der Waals surface area contributed by atoms with Crippen molar-refractivity contribution in [1.82, 2.24) is 4.90 Å². The Kier molecular flexibility index (Phi) is 3.48. The largest absolute Gasteiger partial charge is 0.336 e. The molecule has 0 aliphatic carbocycles. The first-order valence-corrected chi connectivity index (χ1v) is 9.02. The van der Waals surface area contributed by atoms with E-state index in [1.54, 1.807) is 0 Å². The van der Waals surface area contributed by atoms with Gasteiger partial charge in [0.2, 0.25) is 0 Å². The molecule has 0 radical (unpaired) electrons. The molecule has 0 aromatic heterocycles. The molecule has 1 aliphatic rings. The van der Waals surface area contributed by atoms with Crippen LogP contribution in [-0.2, 0) is 0 Å². The highest BCUT2D eigenvalue weighted by Crippen LogP contribution is 2.50. The van der Waals surface area contributed by atoms with Gasteiger partial charge in [0.25, 0.3) is 0 Å². The molecule has 0 spiro atoms. The van der Waals surface area contributed by atoms with E-state index in [4.69, 9.17) is 0 Å². The van der Waals surface area contributed by atoms with Gasteiger partial charge in [0.15, 0.2) is 0 Å². The maximum atomic E-state index is 13.9. The summed E-state index contributed by atoms with van der Waals surface area (Å²) in [5, 5.41) is 3.94. The summed E-state index contributed by atoms with van der Waals surface area (Å²) in [6, 6.07) is 14.0. The van der Waals surface area contributed by atoms with Gasteiger partial charge in [-0.1, -0.05) is 55.6 Å². The van der Waals surface area contributed by atoms with Crippen LogP contribution in [0.5, 0.6) is 0 Å². The van der Waals surface area contributed by atoms with E-state index < -0.39 is 0 Å². The molecule has 1 aliphatic heterocycles. The number of rotatable bonds is 1. The molecule has 25 heavy (non-hydrogen) atoms. The number of halogens is 1. The summed E-state index contributed by atoms with van der Waals surface area (Å²) in [7, 11) is 0. The number of fused-ring (bicyclic) bond motifs is 2. The van der Waals surface area contributed by atoms with Crippen molar-refractivity contribution < 1.29 is 3.89 Å². The Morgan fingerprint density at radius 3 is 2.16 bits per heavy atom. The molecule has 3 aromatic carbocycles. The molecule has 4 rings (SSSR count). The van der Waals surface area contributed by atoms with Crippen LogP contribution >= 0.6 is 12.1 Å². The lowest BCUT2D eigenvalue weighted by Crippen LogP contribution is -2.39. The summed E-state index contributed by atoms with van der Waals surface area (Å²) in [5.74, 6) is 0. The number of hydrogen-bond acceptors (Lipinski definition) is 2. The van der Waals surface area contributed by atoms with E-state index in [9.17, 15) is 3.89 Å². The van der Waals surface area contributed by atoms with Crippen LogP contribution in [0.15, 0.2) is 60.5 Å². The number of benzene rings is 3. The van der Waals surface area contributed by atoms with Crippen molar-refractivity contribution >= 4 is 45.1 Å². The van der Waals surface area contributed by atoms with Gasteiger partial charge in [-0.2, -0.15) is 3.89 Å². The smallest absolute Gasteiger partial charge is 0.0825 e. The molecular weight excluding hydrogens is 329 g/mol. The topological polar surface area (TPSA) is 3.24 Å². The summed E-state index contributed by atoms with van der Waals surface area (Å²) in [6.45, 7) is 15.2. The minimum atomic E-state index is -0.150. The standard InChI is InChI=1S/C22H20FNS/c1-13-15-11-8-12-18-20(15)19(14(2)24(13)22(3,4)5)16-9-6-7-10-17(16)21(18)25-23/h6-12H,1-2H2,3-5H3. The third kappa shape index (κ3) is 2.15. The molecule has 3 aromatic rings. The molecule has 3 heteroatoms. The van der Waals surface area contributed by atoms with Crippen LogP contribution in [0.3, 0.4) is 0 Å². The van der Waals surface area contributed by atoms with Crippen LogP contribution in [0.4, 0.5) is 3.89 Å². The Hall–Kier alpha value is -2.26. The van der Waals surface area contributed by atoms with Gasteiger partial charge in [-0.3, -0.25) is 0 Å². The highest BCUT2D eigenvalue weighted by atomic mass is 32.2. The van der Waals surface area contributed by atoms with Crippen molar-refractivity contribution in [3.63, 3.8) is 0 Å². The second-order valence-corrected chi connectivity index (χ2v) is 8.02. The highest BCUT2D eigenvalue weighted by Gasteiger charge is 2.34. The monoisotopic (exact) mass is 349 g/mol. The molecular formula is C22H20FNS. The third-order valence-electron chi connectivity index (χ3n) is 4.89. The van der Waals surface area contributed by atoms with Gasteiger partial charge in [-0.15, -0.1) is 0 Å². The Labute approximate surface area is 152 Å². The molecule has 1 heterocycles. The summed E-state index contributed by atoms with van der Waals surface area (Å²) in [6.07, 6.45) is 0. The SMILES string of the molecule is C=C1c2cccc3c(SF)c4ccccc4c(c23)C(=C)N1C(C)(C)C. The third-order valence-corrected chi connectivity index (χ3v) is 5.48. The van der Waals surface area contributed by atoms with Crippen molar-refractivity contribution in [3.8, 4) is 0 Å². The fourth-order valence-corrected chi connectivity index (χ4v) is 4.53. The van der Waals surface area contributed by atoms with Crippen LogP contribution in [0.25, 0.3) is 32.9 Å². The van der Waals surface area contributed by atoms with Crippen LogP contribution in [0, 0.1) is 0 Å². The fraction of sp³-hybridized carbons (Fsp3) is 0.182. The van der Waals surface area contributed by atoms with Crippen LogP contribution in [0.2, 0.25) is 0 Å². The van der Waals surface area contributed by atoms with Gasteiger partial charge in [0, 0.05) is 33.4 Å². The second-order valence-electron chi connectivity index (χ2n) is 7.45. The lowest BCUT2D eigenvalue weighted by Gasteiger charge is -2.44. The van der Waals surface area contributed by atoms with Crippen molar-refractivity contribution in [1.29, 1.82) is 0 Å². The lowest BCUT2D eigenvalue weighted by molar-refractivity contribution is 0.312. The van der Waals surface area contributed by atoms with Crippen molar-refractivity contribution in [2.75, 3.05) is 0 Å². The van der Waals surface area contributed by atoms with E-state index in [0.717, 1.165) is 44.1 Å². The molecule has 126 valence electrons. The van der Waals surface area contributed by atoms with Gasteiger partial charge in [0.1, 0.15) is 0 Å². The first-order valence-electron chi connectivity index (χ1n) is 8.31. The first-order chi connectivity index (χ1) is 11.9. The van der Waals surface area contributed by atoms with E-state index in [2.05, 4.69) is 51.0 Å². The Bertz CT molecular complexity index is 1060. The van der Waals surface area contributed by atoms with Crippen LogP contribution in [-0.4, -0.2) is 10.4 Å². The normalized spacial score (nSPS) is 14.6. The minimum Gasteiger partial charge on any atom is -0.336 e. The molecule has 1 nitrogen and oxygen atoms in total. The Morgan fingerprint density at radius 2 is 1.52 bits per heavy atom.